The van der Waals surface area contributed by atoms with E-state index in [1.165, 1.54) is 5.56 Å². The number of carbonyl (C=O) groups is 1. The van der Waals surface area contributed by atoms with E-state index in [-0.39, 0.29) is 0 Å². The standard InChI is InChI=1S/C19H20N2O4/c1-23-15-10-7-14(8-11-15)20-19(22)25-21-18-5-3-4-13-6-9-16(24-2)12-17(13)18/h6-12H,3-5H2,1-2H3,(H,20,22)/b21-18+. The third-order valence-electron chi connectivity index (χ3n) is 4.06. The van der Waals surface area contributed by atoms with Crippen LogP contribution in [-0.4, -0.2) is 26.0 Å². The van der Waals surface area contributed by atoms with Gasteiger partial charge in [0.25, 0.3) is 0 Å². The van der Waals surface area contributed by atoms with Gasteiger partial charge in [-0.15, -0.1) is 0 Å². The molecule has 25 heavy (non-hydrogen) atoms. The summed E-state index contributed by atoms with van der Waals surface area (Å²) in [6, 6.07) is 12.9. The normalized spacial score (nSPS) is 14.6. The minimum Gasteiger partial charge on any atom is -0.497 e. The maximum atomic E-state index is 11.9. The van der Waals surface area contributed by atoms with E-state index in [1.807, 2.05) is 18.2 Å². The molecule has 0 bridgehead atoms. The molecular formula is C19H20N2O4. The van der Waals surface area contributed by atoms with Gasteiger partial charge >= 0.3 is 6.09 Å². The van der Waals surface area contributed by atoms with Crippen molar-refractivity contribution in [3.63, 3.8) is 0 Å². The van der Waals surface area contributed by atoms with Crippen LogP contribution in [0.1, 0.15) is 24.0 Å². The fourth-order valence-corrected chi connectivity index (χ4v) is 2.76. The predicted molar refractivity (Wildman–Crippen MR) is 95.6 cm³/mol. The summed E-state index contributed by atoms with van der Waals surface area (Å²) >= 11 is 0. The van der Waals surface area contributed by atoms with E-state index < -0.39 is 6.09 Å². The second-order valence-corrected chi connectivity index (χ2v) is 5.65. The number of nitrogens with one attached hydrogen (secondary N) is 1. The van der Waals surface area contributed by atoms with E-state index in [0.29, 0.717) is 11.4 Å². The Balaban J connectivity index is 1.68. The summed E-state index contributed by atoms with van der Waals surface area (Å²) in [5.74, 6) is 1.47. The number of amides is 1. The fourth-order valence-electron chi connectivity index (χ4n) is 2.76. The molecule has 2 aromatic rings. The lowest BCUT2D eigenvalue weighted by Gasteiger charge is -2.18. The Hall–Kier alpha value is -3.02. The summed E-state index contributed by atoms with van der Waals surface area (Å²) in [5.41, 5.74) is 3.52. The van der Waals surface area contributed by atoms with Gasteiger partial charge in [-0.25, -0.2) is 4.79 Å². The summed E-state index contributed by atoms with van der Waals surface area (Å²) in [7, 11) is 3.21. The van der Waals surface area contributed by atoms with Crippen molar-refractivity contribution in [3.05, 3.63) is 53.6 Å². The fraction of sp³-hybridized carbons (Fsp3) is 0.263. The van der Waals surface area contributed by atoms with Crippen LogP contribution in [0.3, 0.4) is 0 Å². The van der Waals surface area contributed by atoms with E-state index in [9.17, 15) is 4.79 Å². The van der Waals surface area contributed by atoms with Crippen molar-refractivity contribution in [3.8, 4) is 11.5 Å². The average Bonchev–Trinajstić information content (AvgIpc) is 2.66. The third kappa shape index (κ3) is 4.09. The zero-order valence-corrected chi connectivity index (χ0v) is 14.2. The van der Waals surface area contributed by atoms with Crippen LogP contribution in [-0.2, 0) is 11.3 Å². The number of anilines is 1. The van der Waals surface area contributed by atoms with Gasteiger partial charge < -0.3 is 9.47 Å². The minimum atomic E-state index is -0.632. The Kier molecular flexibility index (Phi) is 5.18. The molecule has 2 aromatic carbocycles. The number of hydrogen-bond donors (Lipinski definition) is 1. The molecule has 0 aliphatic heterocycles. The number of hydrogen-bond acceptors (Lipinski definition) is 5. The van der Waals surface area contributed by atoms with Crippen LogP contribution in [0.15, 0.2) is 47.6 Å². The highest BCUT2D eigenvalue weighted by Crippen LogP contribution is 2.26. The first-order chi connectivity index (χ1) is 12.2. The van der Waals surface area contributed by atoms with E-state index in [2.05, 4.69) is 10.5 Å². The average molecular weight is 340 g/mol. The van der Waals surface area contributed by atoms with Gasteiger partial charge in [-0.2, -0.15) is 0 Å². The monoisotopic (exact) mass is 340 g/mol. The minimum absolute atomic E-state index is 0.608. The van der Waals surface area contributed by atoms with Crippen LogP contribution >= 0.6 is 0 Å². The predicted octanol–water partition coefficient (Wildman–Crippen LogP) is 3.99. The molecule has 0 fully saturated rings. The summed E-state index contributed by atoms with van der Waals surface area (Å²) < 4.78 is 10.3. The Morgan fingerprint density at radius 1 is 1.00 bits per heavy atom. The van der Waals surface area contributed by atoms with Gasteiger partial charge in [-0.05, 0) is 61.2 Å². The van der Waals surface area contributed by atoms with Gasteiger partial charge in [0.15, 0.2) is 0 Å². The number of methoxy groups -OCH3 is 2. The van der Waals surface area contributed by atoms with Gasteiger partial charge in [0.2, 0.25) is 0 Å². The first kappa shape index (κ1) is 16.8. The number of aryl methyl sites for hydroxylation is 1. The van der Waals surface area contributed by atoms with Crippen molar-refractivity contribution in [2.45, 2.75) is 19.3 Å². The number of nitrogens with zero attached hydrogens (tertiary/aromatic N) is 1. The lowest BCUT2D eigenvalue weighted by molar-refractivity contribution is 0.166. The summed E-state index contributed by atoms with van der Waals surface area (Å²) in [6.45, 7) is 0. The number of fused-ring (bicyclic) bond motifs is 1. The molecule has 130 valence electrons. The molecule has 1 aliphatic carbocycles. The highest BCUT2D eigenvalue weighted by atomic mass is 16.7. The molecule has 0 atom stereocenters. The van der Waals surface area contributed by atoms with Crippen molar-refractivity contribution in [2.24, 2.45) is 5.16 Å². The summed E-state index contributed by atoms with van der Waals surface area (Å²) in [5, 5.41) is 6.68. The molecule has 0 spiro atoms. The first-order valence-corrected chi connectivity index (χ1v) is 8.06. The van der Waals surface area contributed by atoms with Gasteiger partial charge in [-0.3, -0.25) is 10.2 Å². The van der Waals surface area contributed by atoms with Crippen molar-refractivity contribution < 1.29 is 19.1 Å². The zero-order valence-electron chi connectivity index (χ0n) is 14.2. The van der Waals surface area contributed by atoms with Crippen molar-refractivity contribution in [2.75, 3.05) is 19.5 Å². The molecule has 0 aromatic heterocycles. The van der Waals surface area contributed by atoms with Crippen molar-refractivity contribution >= 4 is 17.5 Å². The molecule has 0 heterocycles. The smallest absolute Gasteiger partial charge is 0.437 e. The maximum Gasteiger partial charge on any atom is 0.437 e. The number of ether oxygens (including phenoxy) is 2. The van der Waals surface area contributed by atoms with E-state index in [1.54, 1.807) is 38.5 Å². The van der Waals surface area contributed by atoms with Crippen LogP contribution in [0.5, 0.6) is 11.5 Å². The molecule has 1 aliphatic rings. The molecule has 0 saturated heterocycles. The van der Waals surface area contributed by atoms with Gasteiger partial charge in [0, 0.05) is 11.3 Å². The number of oxime groups is 1. The largest absolute Gasteiger partial charge is 0.497 e. The number of benzene rings is 2. The van der Waals surface area contributed by atoms with E-state index in [4.69, 9.17) is 14.3 Å². The highest BCUT2D eigenvalue weighted by Gasteiger charge is 2.17. The molecule has 1 N–H and O–H groups in total. The maximum absolute atomic E-state index is 11.9. The lowest BCUT2D eigenvalue weighted by Crippen LogP contribution is -2.16. The molecule has 1 amide bonds. The highest BCUT2D eigenvalue weighted by molar-refractivity contribution is 6.03. The Morgan fingerprint density at radius 2 is 1.72 bits per heavy atom. The van der Waals surface area contributed by atoms with Crippen LogP contribution in [0.4, 0.5) is 10.5 Å². The Morgan fingerprint density at radius 3 is 2.44 bits per heavy atom. The van der Waals surface area contributed by atoms with Gasteiger partial charge in [0.1, 0.15) is 11.5 Å². The van der Waals surface area contributed by atoms with Crippen molar-refractivity contribution in [1.29, 1.82) is 0 Å². The van der Waals surface area contributed by atoms with Crippen LogP contribution in [0.25, 0.3) is 0 Å². The topological polar surface area (TPSA) is 69.2 Å². The summed E-state index contributed by atoms with van der Waals surface area (Å²) in [4.78, 5) is 17.0. The van der Waals surface area contributed by atoms with E-state index >= 15 is 0 Å². The molecule has 0 saturated carbocycles. The molecule has 6 heteroatoms. The first-order valence-electron chi connectivity index (χ1n) is 8.06. The molecule has 0 radical (unpaired) electrons. The third-order valence-corrected chi connectivity index (χ3v) is 4.06. The van der Waals surface area contributed by atoms with Crippen LogP contribution in [0.2, 0.25) is 0 Å². The summed E-state index contributed by atoms with van der Waals surface area (Å²) in [6.07, 6.45) is 2.08. The molecule has 0 unspecified atom stereocenters. The Bertz CT molecular complexity index is 785. The second-order valence-electron chi connectivity index (χ2n) is 5.65. The molecular weight excluding hydrogens is 320 g/mol. The lowest BCUT2D eigenvalue weighted by atomic mass is 9.90. The Labute approximate surface area is 146 Å². The quantitative estimate of drug-likeness (QED) is 0.675. The zero-order chi connectivity index (χ0) is 17.6. The second kappa shape index (κ2) is 7.70. The SMILES string of the molecule is COc1ccc(NC(=O)O/N=C2\CCCc3ccc(OC)cc32)cc1. The number of rotatable bonds is 4. The van der Waals surface area contributed by atoms with Crippen molar-refractivity contribution in [1.82, 2.24) is 0 Å². The van der Waals surface area contributed by atoms with Crippen LogP contribution in [0, 0.1) is 0 Å². The van der Waals surface area contributed by atoms with Crippen LogP contribution < -0.4 is 14.8 Å². The van der Waals surface area contributed by atoms with Gasteiger partial charge in [0.05, 0.1) is 19.9 Å². The van der Waals surface area contributed by atoms with E-state index in [0.717, 1.165) is 36.3 Å². The van der Waals surface area contributed by atoms with Gasteiger partial charge in [-0.1, -0.05) is 11.2 Å². The molecule has 3 rings (SSSR count). The molecule has 6 nitrogen and oxygen atoms in total. The number of carbonyl (C=O) groups excluding carboxylic acids is 1.